The van der Waals surface area contributed by atoms with Crippen LogP contribution in [-0.4, -0.2) is 45.2 Å². The Morgan fingerprint density at radius 2 is 1.88 bits per heavy atom. The number of hydrogen-bond donors (Lipinski definition) is 2. The molecule has 2 atom stereocenters. The summed E-state index contributed by atoms with van der Waals surface area (Å²) < 4.78 is 0. The van der Waals surface area contributed by atoms with Crippen molar-refractivity contribution in [1.82, 2.24) is 4.90 Å². The number of nitrogens with zero attached hydrogens (tertiary/aromatic N) is 1. The Morgan fingerprint density at radius 3 is 2.58 bits per heavy atom. The lowest BCUT2D eigenvalue weighted by Gasteiger charge is -2.37. The molecule has 0 spiro atoms. The molecule has 0 aliphatic carbocycles. The van der Waals surface area contributed by atoms with E-state index in [1.54, 1.807) is 0 Å². The molecule has 0 radical (unpaired) electrons. The van der Waals surface area contributed by atoms with Crippen molar-refractivity contribution in [3.05, 3.63) is 0 Å². The van der Waals surface area contributed by atoms with Gasteiger partial charge in [0.05, 0.1) is 5.60 Å². The molecule has 26 heavy (non-hydrogen) atoms. The minimum absolute atomic E-state index is 0.235. The Hall–Kier alpha value is -1.10. The van der Waals surface area contributed by atoms with Gasteiger partial charge in [-0.25, -0.2) is 0 Å². The number of hydrogen-bond acceptors (Lipinski definition) is 3. The van der Waals surface area contributed by atoms with Gasteiger partial charge in [0.1, 0.15) is 0 Å². The van der Waals surface area contributed by atoms with E-state index >= 15 is 0 Å². The molecule has 1 amide bonds. The molecule has 5 nitrogen and oxygen atoms in total. The van der Waals surface area contributed by atoms with Gasteiger partial charge in [-0.15, -0.1) is 0 Å². The highest BCUT2D eigenvalue weighted by atomic mass is 16.4. The van der Waals surface area contributed by atoms with Crippen LogP contribution in [0.2, 0.25) is 0 Å². The summed E-state index contributed by atoms with van der Waals surface area (Å²) in [7, 11) is 0. The standard InChI is InChI=1S/C21H39NO4/c1-3-4-8-15-21(2,26)16-14-18-11-10-12-19(23)22(18)17-9-6-5-7-13-20(24)25/h18,26H,3-17H2,1-2H3,(H,24,25)/t18-,21?/m1/s1. The number of unbranched alkanes of at least 4 members (excludes halogenated alkanes) is 5. The Kier molecular flexibility index (Phi) is 10.9. The van der Waals surface area contributed by atoms with Gasteiger partial charge in [-0.05, 0) is 51.9 Å². The largest absolute Gasteiger partial charge is 0.481 e. The first-order valence-corrected chi connectivity index (χ1v) is 10.6. The average molecular weight is 370 g/mol. The lowest BCUT2D eigenvalue weighted by atomic mass is 9.88. The van der Waals surface area contributed by atoms with Gasteiger partial charge in [-0.1, -0.05) is 39.0 Å². The van der Waals surface area contributed by atoms with Crippen molar-refractivity contribution >= 4 is 11.9 Å². The number of carboxylic acid groups (broad SMARTS) is 1. The van der Waals surface area contributed by atoms with Gasteiger partial charge in [0.25, 0.3) is 0 Å². The second kappa shape index (κ2) is 12.3. The van der Waals surface area contributed by atoms with Crippen LogP contribution in [0.5, 0.6) is 0 Å². The van der Waals surface area contributed by atoms with Crippen LogP contribution in [0.4, 0.5) is 0 Å². The third kappa shape index (κ3) is 9.56. The topological polar surface area (TPSA) is 77.8 Å². The van der Waals surface area contributed by atoms with Gasteiger partial charge in [0.2, 0.25) is 5.91 Å². The summed E-state index contributed by atoms with van der Waals surface area (Å²) in [5.74, 6) is -0.486. The van der Waals surface area contributed by atoms with Gasteiger partial charge >= 0.3 is 5.97 Å². The maximum absolute atomic E-state index is 12.3. The number of aliphatic carboxylic acids is 1. The van der Waals surface area contributed by atoms with Crippen molar-refractivity contribution in [3.8, 4) is 0 Å². The number of piperidine rings is 1. The predicted molar refractivity (Wildman–Crippen MR) is 104 cm³/mol. The predicted octanol–water partition coefficient (Wildman–Crippen LogP) is 4.51. The highest BCUT2D eigenvalue weighted by Gasteiger charge is 2.29. The Bertz CT molecular complexity index is 422. The van der Waals surface area contributed by atoms with Crippen LogP contribution in [0.3, 0.4) is 0 Å². The van der Waals surface area contributed by atoms with E-state index in [9.17, 15) is 14.7 Å². The van der Waals surface area contributed by atoms with Gasteiger partial charge in [0, 0.05) is 25.4 Å². The smallest absolute Gasteiger partial charge is 0.303 e. The van der Waals surface area contributed by atoms with Crippen LogP contribution >= 0.6 is 0 Å². The van der Waals surface area contributed by atoms with Gasteiger partial charge in [0.15, 0.2) is 0 Å². The molecule has 1 saturated heterocycles. The molecule has 1 fully saturated rings. The maximum Gasteiger partial charge on any atom is 0.303 e. The first-order chi connectivity index (χ1) is 12.4. The fraction of sp³-hybridized carbons (Fsp3) is 0.905. The monoisotopic (exact) mass is 369 g/mol. The highest BCUT2D eigenvalue weighted by molar-refractivity contribution is 5.77. The van der Waals surface area contributed by atoms with Crippen LogP contribution in [0, 0.1) is 0 Å². The number of likely N-dealkylation sites (tertiary alicyclic amines) is 1. The number of carboxylic acids is 1. The Morgan fingerprint density at radius 1 is 1.15 bits per heavy atom. The molecule has 2 N–H and O–H groups in total. The number of amides is 1. The first kappa shape index (κ1) is 22.9. The Labute approximate surface area is 159 Å². The van der Waals surface area contributed by atoms with Crippen molar-refractivity contribution in [2.45, 2.75) is 115 Å². The zero-order valence-electron chi connectivity index (χ0n) is 16.8. The molecule has 0 aromatic heterocycles. The second-order valence-corrected chi connectivity index (χ2v) is 8.18. The molecule has 1 aliphatic rings. The number of rotatable bonds is 14. The molecule has 0 bridgehead atoms. The normalized spacial score (nSPS) is 20.2. The van der Waals surface area contributed by atoms with Crippen LogP contribution in [-0.2, 0) is 9.59 Å². The fourth-order valence-corrected chi connectivity index (χ4v) is 3.87. The molecule has 0 aromatic carbocycles. The molecule has 0 saturated carbocycles. The SMILES string of the molecule is CCCCCC(C)(O)CC[C@H]1CCCC(=O)N1CCCCCCC(=O)O. The van der Waals surface area contributed by atoms with E-state index in [4.69, 9.17) is 5.11 Å². The van der Waals surface area contributed by atoms with E-state index in [0.717, 1.165) is 77.2 Å². The highest BCUT2D eigenvalue weighted by Crippen LogP contribution is 2.27. The van der Waals surface area contributed by atoms with E-state index in [0.29, 0.717) is 12.8 Å². The second-order valence-electron chi connectivity index (χ2n) is 8.18. The lowest BCUT2D eigenvalue weighted by molar-refractivity contribution is -0.137. The van der Waals surface area contributed by atoms with Crippen molar-refractivity contribution in [2.75, 3.05) is 6.54 Å². The molecule has 152 valence electrons. The summed E-state index contributed by atoms with van der Waals surface area (Å²) in [4.78, 5) is 24.9. The van der Waals surface area contributed by atoms with Crippen molar-refractivity contribution in [1.29, 1.82) is 0 Å². The minimum Gasteiger partial charge on any atom is -0.481 e. The average Bonchev–Trinajstić information content (AvgIpc) is 2.57. The van der Waals surface area contributed by atoms with Gasteiger partial charge in [-0.2, -0.15) is 0 Å². The third-order valence-electron chi connectivity index (χ3n) is 5.56. The van der Waals surface area contributed by atoms with Crippen molar-refractivity contribution < 1.29 is 19.8 Å². The van der Waals surface area contributed by atoms with Gasteiger partial charge in [-0.3, -0.25) is 9.59 Å². The minimum atomic E-state index is -0.734. The third-order valence-corrected chi connectivity index (χ3v) is 5.56. The molecule has 1 heterocycles. The Balaban J connectivity index is 2.36. The summed E-state index contributed by atoms with van der Waals surface area (Å²) >= 11 is 0. The fourth-order valence-electron chi connectivity index (χ4n) is 3.87. The first-order valence-electron chi connectivity index (χ1n) is 10.6. The molecular weight excluding hydrogens is 330 g/mol. The van der Waals surface area contributed by atoms with Crippen LogP contribution in [0.15, 0.2) is 0 Å². The maximum atomic E-state index is 12.3. The molecule has 1 rings (SSSR count). The van der Waals surface area contributed by atoms with Crippen LogP contribution in [0.1, 0.15) is 104 Å². The number of carbonyl (C=O) groups excluding carboxylic acids is 1. The summed E-state index contributed by atoms with van der Waals surface area (Å²) in [6.45, 7) is 4.87. The summed E-state index contributed by atoms with van der Waals surface area (Å²) in [5, 5.41) is 19.3. The summed E-state index contributed by atoms with van der Waals surface area (Å²) in [5.41, 5.74) is -0.627. The quantitative estimate of drug-likeness (QED) is 0.442. The molecule has 5 heteroatoms. The zero-order valence-corrected chi connectivity index (χ0v) is 16.8. The number of aliphatic hydroxyl groups is 1. The summed E-state index contributed by atoms with van der Waals surface area (Å²) in [6.07, 6.45) is 12.3. The molecule has 0 aromatic rings. The molecular formula is C21H39NO4. The van der Waals surface area contributed by atoms with E-state index in [-0.39, 0.29) is 18.4 Å². The molecule has 1 unspecified atom stereocenters. The zero-order chi connectivity index (χ0) is 19.4. The van der Waals surface area contributed by atoms with Gasteiger partial charge < -0.3 is 15.1 Å². The van der Waals surface area contributed by atoms with Crippen molar-refractivity contribution in [2.24, 2.45) is 0 Å². The van der Waals surface area contributed by atoms with E-state index in [1.165, 1.54) is 0 Å². The van der Waals surface area contributed by atoms with Crippen molar-refractivity contribution in [3.63, 3.8) is 0 Å². The van der Waals surface area contributed by atoms with Crippen LogP contribution < -0.4 is 0 Å². The lowest BCUT2D eigenvalue weighted by Crippen LogP contribution is -2.45. The van der Waals surface area contributed by atoms with Crippen LogP contribution in [0.25, 0.3) is 0 Å². The number of carbonyl (C=O) groups is 2. The molecule has 1 aliphatic heterocycles. The summed E-state index contributed by atoms with van der Waals surface area (Å²) in [6, 6.07) is 0.257. The van der Waals surface area contributed by atoms with E-state index in [2.05, 4.69) is 6.92 Å². The van der Waals surface area contributed by atoms with E-state index in [1.807, 2.05) is 11.8 Å². The van der Waals surface area contributed by atoms with E-state index < -0.39 is 11.6 Å².